The maximum absolute atomic E-state index is 11.9. The van der Waals surface area contributed by atoms with Gasteiger partial charge in [0.05, 0.1) is 23.8 Å². The molecule has 2 aromatic carbocycles. The van der Waals surface area contributed by atoms with Gasteiger partial charge >= 0.3 is 0 Å². The van der Waals surface area contributed by atoms with E-state index in [1.165, 1.54) is 11.1 Å². The zero-order chi connectivity index (χ0) is 15.4. The number of aromatic amines is 1. The first-order valence-electron chi connectivity index (χ1n) is 7.45. The highest BCUT2D eigenvalue weighted by Crippen LogP contribution is 2.11. The second-order valence-corrected chi connectivity index (χ2v) is 5.52. The van der Waals surface area contributed by atoms with Crippen LogP contribution in [0.15, 0.2) is 48.8 Å². The number of nitrogens with zero attached hydrogens (tertiary/aromatic N) is 1. The van der Waals surface area contributed by atoms with E-state index in [1.54, 1.807) is 6.33 Å². The maximum atomic E-state index is 11.9. The van der Waals surface area contributed by atoms with E-state index >= 15 is 0 Å². The number of nitrogens with one attached hydrogen (secondary N) is 2. The normalized spacial score (nSPS) is 10.8. The molecule has 0 aliphatic rings. The van der Waals surface area contributed by atoms with E-state index in [4.69, 9.17) is 0 Å². The number of hydrogen-bond acceptors (Lipinski definition) is 2. The summed E-state index contributed by atoms with van der Waals surface area (Å²) in [6.45, 7) is 2.69. The molecule has 2 N–H and O–H groups in total. The zero-order valence-corrected chi connectivity index (χ0v) is 12.6. The molecule has 4 heteroatoms. The minimum Gasteiger partial charge on any atom is -0.355 e. The average molecular weight is 293 g/mol. The van der Waals surface area contributed by atoms with Gasteiger partial charge in [0.1, 0.15) is 0 Å². The molecule has 0 bridgehead atoms. The molecule has 3 rings (SSSR count). The lowest BCUT2D eigenvalue weighted by Gasteiger charge is -2.06. The Balaban J connectivity index is 1.49. The molecule has 3 aromatic rings. The summed E-state index contributed by atoms with van der Waals surface area (Å²) in [6, 6.07) is 14.2. The van der Waals surface area contributed by atoms with Gasteiger partial charge in [-0.25, -0.2) is 4.98 Å². The molecule has 0 unspecified atom stereocenters. The molecular formula is C18H19N3O. The van der Waals surface area contributed by atoms with Crippen LogP contribution >= 0.6 is 0 Å². The fraction of sp³-hybridized carbons (Fsp3) is 0.222. The van der Waals surface area contributed by atoms with Gasteiger partial charge in [-0.15, -0.1) is 0 Å². The minimum absolute atomic E-state index is 0.0615. The van der Waals surface area contributed by atoms with Crippen molar-refractivity contribution in [1.82, 2.24) is 15.3 Å². The van der Waals surface area contributed by atoms with E-state index in [9.17, 15) is 4.79 Å². The summed E-state index contributed by atoms with van der Waals surface area (Å²) >= 11 is 0. The maximum Gasteiger partial charge on any atom is 0.224 e. The Hall–Kier alpha value is -2.62. The van der Waals surface area contributed by atoms with Crippen LogP contribution in [0, 0.1) is 6.92 Å². The highest BCUT2D eigenvalue weighted by molar-refractivity contribution is 5.78. The Labute approximate surface area is 129 Å². The first-order valence-corrected chi connectivity index (χ1v) is 7.45. The molecule has 0 radical (unpaired) electrons. The van der Waals surface area contributed by atoms with Crippen LogP contribution in [0.25, 0.3) is 11.0 Å². The van der Waals surface area contributed by atoms with Crippen LogP contribution < -0.4 is 5.32 Å². The van der Waals surface area contributed by atoms with Crippen LogP contribution in [-0.4, -0.2) is 22.4 Å². The molecule has 0 saturated heterocycles. The molecular weight excluding hydrogens is 274 g/mol. The third kappa shape index (κ3) is 3.52. The van der Waals surface area contributed by atoms with Crippen molar-refractivity contribution in [2.24, 2.45) is 0 Å². The summed E-state index contributed by atoms with van der Waals surface area (Å²) < 4.78 is 0. The molecule has 0 saturated carbocycles. The van der Waals surface area contributed by atoms with Crippen molar-refractivity contribution in [2.75, 3.05) is 6.54 Å². The number of aromatic nitrogens is 2. The van der Waals surface area contributed by atoms with Gasteiger partial charge < -0.3 is 10.3 Å². The third-order valence-corrected chi connectivity index (χ3v) is 3.71. The molecule has 1 heterocycles. The summed E-state index contributed by atoms with van der Waals surface area (Å²) in [5.41, 5.74) is 5.43. The van der Waals surface area contributed by atoms with E-state index < -0.39 is 0 Å². The lowest BCUT2D eigenvalue weighted by atomic mass is 10.1. The number of carbonyl (C=O) groups excluding carboxylic acids is 1. The van der Waals surface area contributed by atoms with Gasteiger partial charge in [0, 0.05) is 6.54 Å². The Morgan fingerprint density at radius 3 is 2.73 bits per heavy atom. The number of fused-ring (bicyclic) bond motifs is 1. The van der Waals surface area contributed by atoms with E-state index in [2.05, 4.69) is 27.4 Å². The van der Waals surface area contributed by atoms with Gasteiger partial charge in [-0.1, -0.05) is 35.9 Å². The first kappa shape index (κ1) is 14.3. The smallest absolute Gasteiger partial charge is 0.224 e. The van der Waals surface area contributed by atoms with Crippen molar-refractivity contribution >= 4 is 16.9 Å². The van der Waals surface area contributed by atoms with Crippen molar-refractivity contribution in [3.63, 3.8) is 0 Å². The Kier molecular flexibility index (Phi) is 4.19. The average Bonchev–Trinajstić information content (AvgIpc) is 2.97. The molecule has 0 fully saturated rings. The first-order chi connectivity index (χ1) is 10.7. The number of amides is 1. The van der Waals surface area contributed by atoms with Crippen molar-refractivity contribution in [3.05, 3.63) is 65.5 Å². The van der Waals surface area contributed by atoms with Crippen LogP contribution in [0.5, 0.6) is 0 Å². The third-order valence-electron chi connectivity index (χ3n) is 3.71. The fourth-order valence-electron chi connectivity index (χ4n) is 2.44. The van der Waals surface area contributed by atoms with Gasteiger partial charge in [0.2, 0.25) is 5.91 Å². The van der Waals surface area contributed by atoms with Gasteiger partial charge in [0.15, 0.2) is 0 Å². The van der Waals surface area contributed by atoms with Crippen molar-refractivity contribution in [2.45, 2.75) is 19.8 Å². The molecule has 0 spiro atoms. The molecule has 1 amide bonds. The van der Waals surface area contributed by atoms with Crippen molar-refractivity contribution < 1.29 is 4.79 Å². The number of H-pyrrole nitrogens is 1. The summed E-state index contributed by atoms with van der Waals surface area (Å²) in [5.74, 6) is 0.0615. The Morgan fingerprint density at radius 1 is 1.14 bits per heavy atom. The monoisotopic (exact) mass is 293 g/mol. The molecule has 112 valence electrons. The lowest BCUT2D eigenvalue weighted by Crippen LogP contribution is -2.27. The van der Waals surface area contributed by atoms with Gasteiger partial charge in [-0.05, 0) is 36.6 Å². The number of carbonyl (C=O) groups is 1. The zero-order valence-electron chi connectivity index (χ0n) is 12.6. The number of imidazole rings is 1. The van der Waals surface area contributed by atoms with E-state index in [1.807, 2.05) is 37.3 Å². The van der Waals surface area contributed by atoms with Crippen LogP contribution in [-0.2, 0) is 17.6 Å². The predicted molar refractivity (Wildman–Crippen MR) is 87.7 cm³/mol. The SMILES string of the molecule is Cc1ccc(CC(=O)NCCc2ccc3nc[nH]c3c2)cc1. The van der Waals surface area contributed by atoms with E-state index in [0.29, 0.717) is 13.0 Å². The van der Waals surface area contributed by atoms with Crippen molar-refractivity contribution in [1.29, 1.82) is 0 Å². The van der Waals surface area contributed by atoms with Crippen molar-refractivity contribution in [3.8, 4) is 0 Å². The van der Waals surface area contributed by atoms with Crippen LogP contribution in [0.4, 0.5) is 0 Å². The largest absolute Gasteiger partial charge is 0.355 e. The number of benzene rings is 2. The van der Waals surface area contributed by atoms with Gasteiger partial charge in [-0.3, -0.25) is 4.79 Å². The second-order valence-electron chi connectivity index (χ2n) is 5.52. The van der Waals surface area contributed by atoms with Crippen LogP contribution in [0.2, 0.25) is 0 Å². The van der Waals surface area contributed by atoms with Crippen LogP contribution in [0.1, 0.15) is 16.7 Å². The summed E-state index contributed by atoms with van der Waals surface area (Å²) in [7, 11) is 0. The minimum atomic E-state index is 0.0615. The van der Waals surface area contributed by atoms with E-state index in [0.717, 1.165) is 23.0 Å². The molecule has 22 heavy (non-hydrogen) atoms. The topological polar surface area (TPSA) is 57.8 Å². The number of rotatable bonds is 5. The molecule has 1 aromatic heterocycles. The predicted octanol–water partition coefficient (Wildman–Crippen LogP) is 2.77. The second kappa shape index (κ2) is 6.43. The molecule has 0 aliphatic heterocycles. The lowest BCUT2D eigenvalue weighted by molar-refractivity contribution is -0.120. The Morgan fingerprint density at radius 2 is 1.91 bits per heavy atom. The quantitative estimate of drug-likeness (QED) is 0.760. The molecule has 0 atom stereocenters. The number of hydrogen-bond donors (Lipinski definition) is 2. The highest BCUT2D eigenvalue weighted by Gasteiger charge is 2.03. The summed E-state index contributed by atoms with van der Waals surface area (Å²) in [4.78, 5) is 19.2. The van der Waals surface area contributed by atoms with E-state index in [-0.39, 0.29) is 5.91 Å². The van der Waals surface area contributed by atoms with Gasteiger partial charge in [-0.2, -0.15) is 0 Å². The van der Waals surface area contributed by atoms with Gasteiger partial charge in [0.25, 0.3) is 0 Å². The Bertz CT molecular complexity index is 774. The standard InChI is InChI=1S/C18H19N3O/c1-13-2-4-14(5-3-13)11-18(22)19-9-8-15-6-7-16-17(10-15)21-12-20-16/h2-7,10,12H,8-9,11H2,1H3,(H,19,22)(H,20,21). The summed E-state index contributed by atoms with van der Waals surface area (Å²) in [5, 5.41) is 2.97. The summed E-state index contributed by atoms with van der Waals surface area (Å²) in [6.07, 6.45) is 2.94. The fourth-order valence-corrected chi connectivity index (χ4v) is 2.44. The molecule has 4 nitrogen and oxygen atoms in total. The highest BCUT2D eigenvalue weighted by atomic mass is 16.1. The number of aryl methyl sites for hydroxylation is 1. The van der Waals surface area contributed by atoms with Crippen LogP contribution in [0.3, 0.4) is 0 Å². The molecule has 0 aliphatic carbocycles.